The van der Waals surface area contributed by atoms with Crippen molar-refractivity contribution in [2.45, 2.75) is 23.6 Å². The lowest BCUT2D eigenvalue weighted by molar-refractivity contribution is 0.184. The smallest absolute Gasteiger partial charge is 0.174 e. The Labute approximate surface area is 204 Å². The Morgan fingerprint density at radius 2 is 2.14 bits per heavy atom. The van der Waals surface area contributed by atoms with Gasteiger partial charge in [0.15, 0.2) is 29.2 Å². The number of benzene rings is 1. The third kappa shape index (κ3) is 4.02. The van der Waals surface area contributed by atoms with Crippen LogP contribution >= 0.6 is 11.8 Å². The van der Waals surface area contributed by atoms with E-state index in [2.05, 4.69) is 20.3 Å². The molecule has 2 aromatic heterocycles. The molecule has 0 amide bonds. The number of aromatic nitrogens is 2. The van der Waals surface area contributed by atoms with Gasteiger partial charge in [0.1, 0.15) is 17.3 Å². The molecule has 3 N–H and O–H groups in total. The number of hydrogen-bond donors (Lipinski definition) is 2. The van der Waals surface area contributed by atoms with Crippen LogP contribution in [0.3, 0.4) is 0 Å². The zero-order valence-corrected chi connectivity index (χ0v) is 19.8. The van der Waals surface area contributed by atoms with Gasteiger partial charge in [-0.05, 0) is 31.5 Å². The minimum atomic E-state index is -1.05. The molecule has 3 atom stereocenters. The van der Waals surface area contributed by atoms with Gasteiger partial charge >= 0.3 is 0 Å². The van der Waals surface area contributed by atoms with Crippen molar-refractivity contribution in [3.05, 3.63) is 53.9 Å². The highest BCUT2D eigenvalue weighted by Crippen LogP contribution is 2.66. The van der Waals surface area contributed by atoms with Gasteiger partial charge in [-0.1, -0.05) is 11.8 Å². The number of thioether (sulfide) groups is 1. The van der Waals surface area contributed by atoms with Crippen molar-refractivity contribution >= 4 is 39.3 Å². The topological polar surface area (TPSA) is 118 Å². The monoisotopic (exact) mass is 496 g/mol. The van der Waals surface area contributed by atoms with Crippen LogP contribution in [0.15, 0.2) is 41.7 Å². The fourth-order valence-electron chi connectivity index (χ4n) is 4.82. The number of aliphatic imine (C=N–C) groups is 1. The molecule has 180 valence electrons. The molecule has 1 fully saturated rings. The summed E-state index contributed by atoms with van der Waals surface area (Å²) in [7, 11) is 1.61. The Balaban J connectivity index is 1.52. The summed E-state index contributed by atoms with van der Waals surface area (Å²) in [6, 6.07) is 8.00. The standard InChI is InChI=1S/C24H22F2N6O2S/c1-23(18-10-24(18,12-33-2)35-22(28)32-23)16-8-14(9-17(25)19(16)26)31-21-20-13(3-5-29-21)7-15(11-30-20)34-6-4-27/h3,5,7-9,11,18H,6,10,12H2,1-2H3,(H2,28,32)(H,29,31)/t18-,23+,24+/m0/s1. The number of ether oxygens (including phenoxy) is 2. The molecule has 11 heteroatoms. The Kier molecular flexibility index (Phi) is 5.73. The maximum Gasteiger partial charge on any atom is 0.174 e. The van der Waals surface area contributed by atoms with E-state index >= 15 is 4.39 Å². The first-order valence-corrected chi connectivity index (χ1v) is 11.7. The number of rotatable bonds is 7. The lowest BCUT2D eigenvalue weighted by atomic mass is 9.85. The maximum atomic E-state index is 15.2. The number of fused-ring (bicyclic) bond motifs is 2. The molecule has 1 aromatic carbocycles. The fourth-order valence-corrected chi connectivity index (χ4v) is 6.27. The number of nitrogens with two attached hydrogens (primary N) is 1. The minimum absolute atomic E-state index is 0.0550. The lowest BCUT2D eigenvalue weighted by Gasteiger charge is -2.34. The van der Waals surface area contributed by atoms with Crippen LogP contribution in [0, 0.1) is 28.9 Å². The molecule has 0 saturated heterocycles. The van der Waals surface area contributed by atoms with Crippen LogP contribution < -0.4 is 15.8 Å². The quantitative estimate of drug-likeness (QED) is 0.499. The molecule has 3 heterocycles. The predicted octanol–water partition coefficient (Wildman–Crippen LogP) is 4.24. The van der Waals surface area contributed by atoms with E-state index in [0.29, 0.717) is 39.9 Å². The number of nitrogens with zero attached hydrogens (tertiary/aromatic N) is 4. The summed E-state index contributed by atoms with van der Waals surface area (Å²) in [6.07, 6.45) is 3.77. The van der Waals surface area contributed by atoms with Crippen molar-refractivity contribution < 1.29 is 18.3 Å². The highest BCUT2D eigenvalue weighted by Gasteiger charge is 2.66. The Hall–Kier alpha value is -3.49. The number of methoxy groups -OCH3 is 1. The zero-order chi connectivity index (χ0) is 24.8. The van der Waals surface area contributed by atoms with Gasteiger partial charge in [-0.2, -0.15) is 5.26 Å². The molecule has 8 nitrogen and oxygen atoms in total. The van der Waals surface area contributed by atoms with E-state index in [9.17, 15) is 4.39 Å². The molecule has 0 radical (unpaired) electrons. The molecule has 2 aliphatic rings. The summed E-state index contributed by atoms with van der Waals surface area (Å²) in [5.41, 5.74) is 5.99. The van der Waals surface area contributed by atoms with E-state index < -0.39 is 17.2 Å². The molecule has 1 aliphatic heterocycles. The SMILES string of the molecule is COC[C@]12C[C@H]1[C@@](C)(c1cc(Nc3nccc4cc(OCC#N)cnc34)cc(F)c1F)N=C(N)S2. The molecule has 3 aromatic rings. The van der Waals surface area contributed by atoms with Gasteiger partial charge in [0.05, 0.1) is 23.1 Å². The van der Waals surface area contributed by atoms with E-state index in [1.165, 1.54) is 18.0 Å². The van der Waals surface area contributed by atoms with Gasteiger partial charge in [0.25, 0.3) is 0 Å². The lowest BCUT2D eigenvalue weighted by Crippen LogP contribution is -2.37. The molecule has 35 heavy (non-hydrogen) atoms. The van der Waals surface area contributed by atoms with Crippen LogP contribution in [0.4, 0.5) is 20.3 Å². The summed E-state index contributed by atoms with van der Waals surface area (Å²) < 4.78 is 40.4. The number of halogens is 2. The van der Waals surface area contributed by atoms with E-state index in [1.54, 1.807) is 38.4 Å². The van der Waals surface area contributed by atoms with Gasteiger partial charge in [0, 0.05) is 41.9 Å². The summed E-state index contributed by atoms with van der Waals surface area (Å²) >= 11 is 1.43. The molecule has 1 aliphatic carbocycles. The van der Waals surface area contributed by atoms with Gasteiger partial charge in [-0.15, -0.1) is 0 Å². The highest BCUT2D eigenvalue weighted by atomic mass is 32.2. The number of amidine groups is 1. The van der Waals surface area contributed by atoms with E-state index in [-0.39, 0.29) is 22.8 Å². The minimum Gasteiger partial charge on any atom is -0.477 e. The largest absolute Gasteiger partial charge is 0.477 e. The zero-order valence-electron chi connectivity index (χ0n) is 19.0. The Bertz CT molecular complexity index is 1400. The summed E-state index contributed by atoms with van der Waals surface area (Å²) in [5, 5.41) is 12.8. The van der Waals surface area contributed by atoms with Crippen LogP contribution in [0.1, 0.15) is 18.9 Å². The molecule has 0 spiro atoms. The molecule has 0 unspecified atom stereocenters. The number of nitrogens with one attached hydrogen (secondary N) is 1. The van der Waals surface area contributed by atoms with Crippen LogP contribution in [0.5, 0.6) is 5.75 Å². The van der Waals surface area contributed by atoms with Crippen LogP contribution in [0.25, 0.3) is 10.9 Å². The third-order valence-corrected chi connectivity index (χ3v) is 7.73. The highest BCUT2D eigenvalue weighted by molar-refractivity contribution is 8.15. The average molecular weight is 497 g/mol. The first-order valence-electron chi connectivity index (χ1n) is 10.8. The van der Waals surface area contributed by atoms with Crippen LogP contribution in [-0.2, 0) is 10.3 Å². The van der Waals surface area contributed by atoms with Gasteiger partial charge in [-0.25, -0.2) is 18.7 Å². The Morgan fingerprint density at radius 3 is 2.91 bits per heavy atom. The van der Waals surface area contributed by atoms with Crippen molar-refractivity contribution in [2.24, 2.45) is 16.6 Å². The van der Waals surface area contributed by atoms with Crippen molar-refractivity contribution in [2.75, 3.05) is 25.6 Å². The third-order valence-electron chi connectivity index (χ3n) is 6.46. The fraction of sp³-hybridized carbons (Fsp3) is 0.333. The number of hydrogen-bond acceptors (Lipinski definition) is 9. The molecular formula is C24H22F2N6O2S. The van der Waals surface area contributed by atoms with Crippen LogP contribution in [0.2, 0.25) is 0 Å². The molecule has 0 bridgehead atoms. The second-order valence-corrected chi connectivity index (χ2v) is 10.2. The van der Waals surface area contributed by atoms with E-state index in [0.717, 1.165) is 12.5 Å². The summed E-state index contributed by atoms with van der Waals surface area (Å²) in [6.45, 7) is 2.13. The first-order chi connectivity index (χ1) is 16.8. The Morgan fingerprint density at radius 1 is 1.31 bits per heavy atom. The normalized spacial score (nSPS) is 24.9. The van der Waals surface area contributed by atoms with E-state index in [4.69, 9.17) is 20.5 Å². The number of anilines is 2. The van der Waals surface area contributed by atoms with Crippen molar-refractivity contribution in [1.82, 2.24) is 9.97 Å². The predicted molar refractivity (Wildman–Crippen MR) is 130 cm³/mol. The van der Waals surface area contributed by atoms with Crippen molar-refractivity contribution in [1.29, 1.82) is 5.26 Å². The van der Waals surface area contributed by atoms with Gasteiger partial charge < -0.3 is 20.5 Å². The number of nitriles is 1. The van der Waals surface area contributed by atoms with E-state index in [1.807, 2.05) is 6.07 Å². The van der Waals surface area contributed by atoms with Crippen molar-refractivity contribution in [3.63, 3.8) is 0 Å². The number of pyridine rings is 2. The molecule has 1 saturated carbocycles. The molecule has 5 rings (SSSR count). The maximum absolute atomic E-state index is 15.2. The second-order valence-electron chi connectivity index (χ2n) is 8.75. The first kappa shape index (κ1) is 23.3. The van der Waals surface area contributed by atoms with Gasteiger partial charge in [0.2, 0.25) is 0 Å². The second kappa shape index (κ2) is 8.62. The molecular weight excluding hydrogens is 474 g/mol. The average Bonchev–Trinajstić information content (AvgIpc) is 3.54. The van der Waals surface area contributed by atoms with Crippen LogP contribution in [-0.4, -0.2) is 40.2 Å². The summed E-state index contributed by atoms with van der Waals surface area (Å²) in [5.74, 6) is -1.21. The van der Waals surface area contributed by atoms with Gasteiger partial charge in [-0.3, -0.25) is 4.99 Å². The summed E-state index contributed by atoms with van der Waals surface area (Å²) in [4.78, 5) is 13.3. The van der Waals surface area contributed by atoms with Crippen molar-refractivity contribution in [3.8, 4) is 11.8 Å².